The van der Waals surface area contributed by atoms with E-state index >= 15 is 9.18 Å². The van der Waals surface area contributed by atoms with Gasteiger partial charge in [-0.2, -0.15) is 9.40 Å². The molecule has 23 heteroatoms. The number of sulfonamides is 1. The molecule has 82 heavy (non-hydrogen) atoms. The standard InChI is InChI=1S/C59H70Cl2FN11O8S/c1-7-42(60)18-14-37(2)53-44(39-10-8-11-43(61)28-39)30-59(6,31-52(76)77)57(79)73(53)49(58(3,4)5)36-82(80,81)71-26-24-69(25-27-71)51(75)13-9-12-50(74)68-20-22-70(23-21-68)56(78)40-17-19-46(45(62)29-40)66-54-55-63-34-48(41-32-64-65-33-41)72(55)35-47(67-54)38-15-16-38/h7-8,10-11,14,17-19,28-29,32-35,38,44,49,53H,2,9,12-13,15-16,20-27,30-31,36H2,1,3-6H3,(H,64,65)(H,66,67)(H,76,77)/b18-14-,42-7+/t44-,49-,53-,59-/m1/s1. The minimum Gasteiger partial charge on any atom is -0.481 e. The number of nitrogens with one attached hydrogen (secondary N) is 2. The molecule has 2 aromatic carbocycles. The Kier molecular flexibility index (Phi) is 17.8. The summed E-state index contributed by atoms with van der Waals surface area (Å²) in [5, 5.41) is 21.0. The van der Waals surface area contributed by atoms with Crippen LogP contribution in [0.1, 0.15) is 113 Å². The molecule has 1 saturated carbocycles. The number of aromatic amines is 1. The van der Waals surface area contributed by atoms with Crippen molar-refractivity contribution in [3.8, 4) is 11.3 Å². The topological polar surface area (TPSA) is 227 Å². The number of benzene rings is 2. The van der Waals surface area contributed by atoms with E-state index in [4.69, 9.17) is 28.2 Å². The number of piperazine rings is 2. The Morgan fingerprint density at radius 2 is 1.63 bits per heavy atom. The summed E-state index contributed by atoms with van der Waals surface area (Å²) in [5.41, 5.74) is 2.25. The number of anilines is 2. The number of hydrogen-bond donors (Lipinski definition) is 3. The number of H-pyrrole nitrogens is 1. The first kappa shape index (κ1) is 59.7. The van der Waals surface area contributed by atoms with Crippen LogP contribution >= 0.6 is 23.2 Å². The molecule has 436 valence electrons. The molecule has 0 radical (unpaired) electrons. The molecule has 3 saturated heterocycles. The number of carboxylic acid groups (broad SMARTS) is 1. The van der Waals surface area contributed by atoms with E-state index in [-0.39, 0.29) is 107 Å². The molecule has 5 aromatic rings. The summed E-state index contributed by atoms with van der Waals surface area (Å²) in [7, 11) is -4.12. The Morgan fingerprint density at radius 3 is 2.23 bits per heavy atom. The summed E-state index contributed by atoms with van der Waals surface area (Å²) in [4.78, 5) is 83.8. The predicted octanol–water partition coefficient (Wildman–Crippen LogP) is 9.00. The molecule has 0 unspecified atom stereocenters. The van der Waals surface area contributed by atoms with Gasteiger partial charge in [-0.15, -0.1) is 0 Å². The number of likely N-dealkylation sites (tertiary alicyclic amines) is 1. The second-order valence-electron chi connectivity index (χ2n) is 23.1. The van der Waals surface area contributed by atoms with E-state index in [1.54, 1.807) is 94.5 Å². The van der Waals surface area contributed by atoms with E-state index < -0.39 is 68.7 Å². The zero-order valence-corrected chi connectivity index (χ0v) is 49.1. The number of amides is 4. The first-order chi connectivity index (χ1) is 38.9. The second kappa shape index (κ2) is 24.5. The van der Waals surface area contributed by atoms with Crippen LogP contribution in [0.3, 0.4) is 0 Å². The molecule has 4 aliphatic rings. The molecule has 0 spiro atoms. The fourth-order valence-corrected chi connectivity index (χ4v) is 13.7. The summed E-state index contributed by atoms with van der Waals surface area (Å²) in [5.74, 6) is -3.38. The van der Waals surface area contributed by atoms with Gasteiger partial charge in [0.25, 0.3) is 5.91 Å². The van der Waals surface area contributed by atoms with E-state index in [2.05, 4.69) is 27.1 Å². The predicted molar refractivity (Wildman–Crippen MR) is 311 cm³/mol. The number of hydrogen-bond acceptors (Lipinski definition) is 11. The second-order valence-corrected chi connectivity index (χ2v) is 26.0. The molecule has 3 aromatic heterocycles. The molecule has 0 bridgehead atoms. The fraction of sp³-hybridized carbons (Fsp3) is 0.458. The first-order valence-corrected chi connectivity index (χ1v) is 30.1. The largest absolute Gasteiger partial charge is 0.481 e. The van der Waals surface area contributed by atoms with Gasteiger partial charge < -0.3 is 30.0 Å². The van der Waals surface area contributed by atoms with Crippen molar-refractivity contribution in [3.63, 3.8) is 0 Å². The molecule has 19 nitrogen and oxygen atoms in total. The number of rotatable bonds is 19. The SMILES string of the molecule is C=C(/C=C\C(Cl)=C/C)[C@@H]1[C@@H](c2cccc(Cl)c2)C[C@](C)(CC(=O)O)C(=O)N1[C@H](CS(=O)(=O)N1CCN(C(=O)CCCC(=O)N2CCN(C(=O)c3ccc(Nc4nc(C5CC5)cn5c(-c6cn[nH]c6)cnc45)c(F)c3)CC2)CC1)C(C)(C)C. The highest BCUT2D eigenvalue weighted by molar-refractivity contribution is 7.89. The molecule has 4 fully saturated rings. The van der Waals surface area contributed by atoms with E-state index in [1.165, 1.54) is 16.4 Å². The van der Waals surface area contributed by atoms with Crippen LogP contribution < -0.4 is 5.32 Å². The van der Waals surface area contributed by atoms with Crippen molar-refractivity contribution in [2.75, 3.05) is 63.4 Å². The molecular formula is C59H70Cl2FN11O8S. The van der Waals surface area contributed by atoms with E-state index in [1.807, 2.05) is 37.4 Å². The first-order valence-electron chi connectivity index (χ1n) is 27.7. The third kappa shape index (κ3) is 13.3. The van der Waals surface area contributed by atoms with Gasteiger partial charge in [0.05, 0.1) is 59.1 Å². The van der Waals surface area contributed by atoms with E-state index in [0.717, 1.165) is 35.4 Å². The number of carbonyl (C=O) groups excluding carboxylic acids is 4. The zero-order valence-electron chi connectivity index (χ0n) is 46.8. The van der Waals surface area contributed by atoms with Gasteiger partial charge in [0.2, 0.25) is 27.7 Å². The Balaban J connectivity index is 0.778. The number of aromatic nitrogens is 5. The third-order valence-electron chi connectivity index (χ3n) is 16.2. The third-order valence-corrected chi connectivity index (χ3v) is 18.7. The van der Waals surface area contributed by atoms with Gasteiger partial charge in [0, 0.05) is 111 Å². The van der Waals surface area contributed by atoms with Crippen molar-refractivity contribution in [1.82, 2.24) is 48.5 Å². The van der Waals surface area contributed by atoms with Crippen molar-refractivity contribution in [3.05, 3.63) is 130 Å². The van der Waals surface area contributed by atoms with Gasteiger partial charge in [0.1, 0.15) is 5.82 Å². The summed E-state index contributed by atoms with van der Waals surface area (Å²) in [6.45, 7) is 14.6. The summed E-state index contributed by atoms with van der Waals surface area (Å²) in [6, 6.07) is 9.61. The fourth-order valence-electron chi connectivity index (χ4n) is 11.5. The van der Waals surface area contributed by atoms with Crippen molar-refractivity contribution in [2.45, 2.75) is 103 Å². The summed E-state index contributed by atoms with van der Waals surface area (Å²) in [6.07, 6.45) is 14.3. The molecule has 9 rings (SSSR count). The van der Waals surface area contributed by atoms with Crippen LogP contribution in [0.2, 0.25) is 5.02 Å². The van der Waals surface area contributed by atoms with Gasteiger partial charge in [-0.05, 0) is 85.6 Å². The maximum absolute atomic E-state index is 15.8. The van der Waals surface area contributed by atoms with Gasteiger partial charge >= 0.3 is 5.97 Å². The smallest absolute Gasteiger partial charge is 0.304 e. The highest BCUT2D eigenvalue weighted by atomic mass is 35.5. The number of halogens is 3. The lowest BCUT2D eigenvalue weighted by Gasteiger charge is -2.54. The zero-order chi connectivity index (χ0) is 58.8. The van der Waals surface area contributed by atoms with Gasteiger partial charge in [-0.3, -0.25) is 33.5 Å². The molecule has 3 N–H and O–H groups in total. The number of imidazole rings is 1. The summed E-state index contributed by atoms with van der Waals surface area (Å²) < 4.78 is 48.3. The van der Waals surface area contributed by atoms with Crippen LogP contribution in [0.5, 0.6) is 0 Å². The van der Waals surface area contributed by atoms with Crippen molar-refractivity contribution >= 4 is 80.0 Å². The normalized spacial score (nSPS) is 20.9. The van der Waals surface area contributed by atoms with Crippen LogP contribution in [0, 0.1) is 16.6 Å². The van der Waals surface area contributed by atoms with Gasteiger partial charge in [-0.25, -0.2) is 22.8 Å². The maximum atomic E-state index is 15.8. The van der Waals surface area contributed by atoms with Crippen LogP contribution in [0.25, 0.3) is 16.9 Å². The van der Waals surface area contributed by atoms with Crippen LogP contribution in [0.4, 0.5) is 15.9 Å². The number of piperidine rings is 1. The monoisotopic (exact) mass is 1180 g/mol. The lowest BCUT2D eigenvalue weighted by atomic mass is 9.66. The van der Waals surface area contributed by atoms with Gasteiger partial charge in [-0.1, -0.05) is 81.8 Å². The number of nitrogens with zero attached hydrogens (tertiary/aromatic N) is 9. The number of carboxylic acids is 1. The van der Waals surface area contributed by atoms with Crippen LogP contribution in [-0.4, -0.2) is 162 Å². The van der Waals surface area contributed by atoms with Gasteiger partial charge in [0.15, 0.2) is 11.5 Å². The lowest BCUT2D eigenvalue weighted by molar-refractivity contribution is -0.160. The number of fused-ring (bicyclic) bond motifs is 1. The van der Waals surface area contributed by atoms with Crippen LogP contribution in [-0.2, 0) is 29.2 Å². The lowest BCUT2D eigenvalue weighted by Crippen LogP contribution is -2.64. The van der Waals surface area contributed by atoms with E-state index in [0.29, 0.717) is 33.0 Å². The molecule has 6 heterocycles. The quantitative estimate of drug-likeness (QED) is 0.0659. The highest BCUT2D eigenvalue weighted by Crippen LogP contribution is 2.50. The molecule has 1 aliphatic carbocycles. The number of allylic oxidation sites excluding steroid dienone is 3. The van der Waals surface area contributed by atoms with Crippen molar-refractivity contribution in [1.29, 1.82) is 0 Å². The van der Waals surface area contributed by atoms with Crippen LogP contribution in [0.15, 0.2) is 103 Å². The summed E-state index contributed by atoms with van der Waals surface area (Å²) >= 11 is 12.9. The van der Waals surface area contributed by atoms with Crippen molar-refractivity contribution in [2.24, 2.45) is 10.8 Å². The Morgan fingerprint density at radius 1 is 0.963 bits per heavy atom. The molecular weight excluding hydrogens is 1110 g/mol. The Hall–Kier alpha value is -6.94. The molecule has 4 atom stereocenters. The average molecular weight is 1180 g/mol. The maximum Gasteiger partial charge on any atom is 0.304 e. The highest BCUT2D eigenvalue weighted by Gasteiger charge is 2.55. The van der Waals surface area contributed by atoms with E-state index in [9.17, 15) is 32.7 Å². The molecule has 3 aliphatic heterocycles. The number of aliphatic carboxylic acids is 1. The van der Waals surface area contributed by atoms with Crippen molar-refractivity contribution < 1.29 is 41.9 Å². The Bertz CT molecular complexity index is 3440. The average Bonchev–Trinajstić information content (AvgIpc) is 1.43. The molecule has 4 amide bonds. The minimum atomic E-state index is -4.12. The number of carbonyl (C=O) groups is 5. The Labute approximate surface area is 487 Å². The minimum absolute atomic E-state index is 0.00722.